The van der Waals surface area contributed by atoms with E-state index in [2.05, 4.69) is 11.4 Å². The monoisotopic (exact) mass is 302 g/mol. The molecule has 0 spiro atoms. The third kappa shape index (κ3) is 2.49. The number of carbonyl (C=O) groups is 1. The molecule has 0 aromatic heterocycles. The van der Waals surface area contributed by atoms with E-state index in [1.807, 2.05) is 65.6 Å². The van der Waals surface area contributed by atoms with Crippen molar-refractivity contribution in [3.8, 4) is 0 Å². The largest absolute Gasteiger partial charge is 0.311 e. The van der Waals surface area contributed by atoms with Crippen molar-refractivity contribution in [2.45, 2.75) is 6.54 Å². The van der Waals surface area contributed by atoms with Gasteiger partial charge < -0.3 is 10.2 Å². The molecule has 0 atom stereocenters. The van der Waals surface area contributed by atoms with E-state index in [0.717, 1.165) is 35.1 Å². The molecule has 1 N–H and O–H groups in total. The Morgan fingerprint density at radius 3 is 2.65 bits per heavy atom. The molecule has 1 aliphatic rings. The van der Waals surface area contributed by atoms with E-state index in [0.29, 0.717) is 6.54 Å². The number of para-hydroxylation sites is 1. The fourth-order valence-electron chi connectivity index (χ4n) is 3.23. The molecule has 114 valence electrons. The molecule has 3 heteroatoms. The molecule has 0 radical (unpaired) electrons. The number of rotatable bonds is 1. The Kier molecular flexibility index (Phi) is 3.56. The molecule has 0 fully saturated rings. The first-order chi connectivity index (χ1) is 11.3. The summed E-state index contributed by atoms with van der Waals surface area (Å²) in [4.78, 5) is 15.1. The molecule has 0 unspecified atom stereocenters. The predicted octanol–water partition coefficient (Wildman–Crippen LogP) is 3.59. The second-order valence-corrected chi connectivity index (χ2v) is 5.79. The molecule has 3 aromatic carbocycles. The van der Waals surface area contributed by atoms with E-state index in [4.69, 9.17) is 0 Å². The van der Waals surface area contributed by atoms with Gasteiger partial charge in [0.2, 0.25) is 0 Å². The van der Waals surface area contributed by atoms with Gasteiger partial charge in [-0.3, -0.25) is 4.79 Å². The number of benzene rings is 3. The van der Waals surface area contributed by atoms with Gasteiger partial charge in [0.05, 0.1) is 0 Å². The number of nitrogens with zero attached hydrogens (tertiary/aromatic N) is 1. The van der Waals surface area contributed by atoms with Gasteiger partial charge in [0.25, 0.3) is 5.91 Å². The van der Waals surface area contributed by atoms with Gasteiger partial charge in [-0.25, -0.2) is 0 Å². The van der Waals surface area contributed by atoms with Gasteiger partial charge in [0, 0.05) is 30.9 Å². The van der Waals surface area contributed by atoms with E-state index in [-0.39, 0.29) is 5.91 Å². The standard InChI is InChI=1S/C20H18N2O/c23-20(18-10-5-8-15-6-1-3-9-17(15)18)22-13-12-21-14-16-7-2-4-11-19(16)22/h1-11,21H,12-14H2. The van der Waals surface area contributed by atoms with Gasteiger partial charge in [0.1, 0.15) is 0 Å². The highest BCUT2D eigenvalue weighted by Gasteiger charge is 2.23. The molecule has 3 aromatic rings. The van der Waals surface area contributed by atoms with Crippen LogP contribution in [0.25, 0.3) is 10.8 Å². The maximum absolute atomic E-state index is 13.2. The Balaban J connectivity index is 1.82. The van der Waals surface area contributed by atoms with Gasteiger partial charge in [-0.15, -0.1) is 0 Å². The minimum Gasteiger partial charge on any atom is -0.311 e. The van der Waals surface area contributed by atoms with Crippen LogP contribution >= 0.6 is 0 Å². The van der Waals surface area contributed by atoms with Crippen molar-refractivity contribution in [1.29, 1.82) is 0 Å². The van der Waals surface area contributed by atoms with Crippen LogP contribution in [-0.2, 0) is 6.54 Å². The summed E-state index contributed by atoms with van der Waals surface area (Å²) in [7, 11) is 0. The first-order valence-electron chi connectivity index (χ1n) is 7.93. The lowest BCUT2D eigenvalue weighted by Crippen LogP contribution is -2.34. The van der Waals surface area contributed by atoms with Gasteiger partial charge in [-0.2, -0.15) is 0 Å². The summed E-state index contributed by atoms with van der Waals surface area (Å²) in [5, 5.41) is 5.49. The zero-order valence-electron chi connectivity index (χ0n) is 12.8. The molecule has 1 heterocycles. The molecule has 0 bridgehead atoms. The van der Waals surface area contributed by atoms with Crippen molar-refractivity contribution in [2.75, 3.05) is 18.0 Å². The molecule has 1 amide bonds. The first-order valence-corrected chi connectivity index (χ1v) is 7.93. The number of carbonyl (C=O) groups excluding carboxylic acids is 1. The van der Waals surface area contributed by atoms with Crippen molar-refractivity contribution in [3.05, 3.63) is 77.9 Å². The zero-order valence-corrected chi connectivity index (χ0v) is 12.8. The molecule has 0 saturated heterocycles. The minimum absolute atomic E-state index is 0.0675. The quantitative estimate of drug-likeness (QED) is 0.745. The third-order valence-corrected chi connectivity index (χ3v) is 4.38. The summed E-state index contributed by atoms with van der Waals surface area (Å²) in [6.45, 7) is 2.28. The number of fused-ring (bicyclic) bond motifs is 2. The summed E-state index contributed by atoms with van der Waals surface area (Å²) < 4.78 is 0. The number of nitrogens with one attached hydrogen (secondary N) is 1. The summed E-state index contributed by atoms with van der Waals surface area (Å²) in [6.07, 6.45) is 0. The Labute approximate surface area is 135 Å². The van der Waals surface area contributed by atoms with Crippen LogP contribution in [0.5, 0.6) is 0 Å². The van der Waals surface area contributed by atoms with Gasteiger partial charge in [-0.1, -0.05) is 54.6 Å². The third-order valence-electron chi connectivity index (χ3n) is 4.38. The lowest BCUT2D eigenvalue weighted by Gasteiger charge is -2.23. The Bertz CT molecular complexity index is 867. The highest BCUT2D eigenvalue weighted by molar-refractivity contribution is 6.14. The van der Waals surface area contributed by atoms with Crippen LogP contribution < -0.4 is 10.2 Å². The van der Waals surface area contributed by atoms with Gasteiger partial charge in [-0.05, 0) is 28.5 Å². The fraction of sp³-hybridized carbons (Fsp3) is 0.150. The van der Waals surface area contributed by atoms with Crippen molar-refractivity contribution in [3.63, 3.8) is 0 Å². The minimum atomic E-state index is 0.0675. The summed E-state index contributed by atoms with van der Waals surface area (Å²) in [6, 6.07) is 22.1. The van der Waals surface area contributed by atoms with E-state index < -0.39 is 0 Å². The molecule has 0 aliphatic carbocycles. The average molecular weight is 302 g/mol. The SMILES string of the molecule is O=C(c1cccc2ccccc12)N1CCNCc2ccccc21. The molecule has 3 nitrogen and oxygen atoms in total. The highest BCUT2D eigenvalue weighted by Crippen LogP contribution is 2.26. The Hall–Kier alpha value is -2.65. The summed E-state index contributed by atoms with van der Waals surface area (Å²) in [5.41, 5.74) is 2.94. The molecular formula is C20H18N2O. The van der Waals surface area contributed by atoms with Crippen molar-refractivity contribution >= 4 is 22.4 Å². The lowest BCUT2D eigenvalue weighted by molar-refractivity contribution is 0.0989. The van der Waals surface area contributed by atoms with Crippen LogP contribution in [0.1, 0.15) is 15.9 Å². The second kappa shape index (κ2) is 5.86. The first kappa shape index (κ1) is 14.0. The number of amides is 1. The predicted molar refractivity (Wildman–Crippen MR) is 93.8 cm³/mol. The van der Waals surface area contributed by atoms with Crippen molar-refractivity contribution in [2.24, 2.45) is 0 Å². The summed E-state index contributed by atoms with van der Waals surface area (Å²) >= 11 is 0. The molecule has 0 saturated carbocycles. The molecule has 23 heavy (non-hydrogen) atoms. The van der Waals surface area contributed by atoms with Crippen LogP contribution in [-0.4, -0.2) is 19.0 Å². The normalized spacial score (nSPS) is 14.3. The van der Waals surface area contributed by atoms with Crippen LogP contribution in [0.3, 0.4) is 0 Å². The van der Waals surface area contributed by atoms with E-state index >= 15 is 0 Å². The van der Waals surface area contributed by atoms with E-state index in [9.17, 15) is 4.79 Å². The van der Waals surface area contributed by atoms with E-state index in [1.54, 1.807) is 0 Å². The zero-order chi connectivity index (χ0) is 15.6. The lowest BCUT2D eigenvalue weighted by atomic mass is 10.0. The maximum Gasteiger partial charge on any atom is 0.258 e. The maximum atomic E-state index is 13.2. The van der Waals surface area contributed by atoms with Crippen LogP contribution in [0.2, 0.25) is 0 Å². The van der Waals surface area contributed by atoms with Gasteiger partial charge in [0.15, 0.2) is 0 Å². The second-order valence-electron chi connectivity index (χ2n) is 5.79. The summed E-state index contributed by atoms with van der Waals surface area (Å²) in [5.74, 6) is 0.0675. The Morgan fingerprint density at radius 1 is 0.913 bits per heavy atom. The van der Waals surface area contributed by atoms with Crippen molar-refractivity contribution < 1.29 is 4.79 Å². The van der Waals surface area contributed by atoms with E-state index in [1.165, 1.54) is 5.56 Å². The molecule has 1 aliphatic heterocycles. The molecule has 4 rings (SSSR count). The van der Waals surface area contributed by atoms with Crippen LogP contribution in [0.4, 0.5) is 5.69 Å². The highest BCUT2D eigenvalue weighted by atomic mass is 16.2. The van der Waals surface area contributed by atoms with Crippen molar-refractivity contribution in [1.82, 2.24) is 5.32 Å². The smallest absolute Gasteiger partial charge is 0.258 e. The van der Waals surface area contributed by atoms with Crippen LogP contribution in [0, 0.1) is 0 Å². The molecular weight excluding hydrogens is 284 g/mol. The topological polar surface area (TPSA) is 32.3 Å². The Morgan fingerprint density at radius 2 is 1.70 bits per heavy atom. The fourth-order valence-corrected chi connectivity index (χ4v) is 3.23. The van der Waals surface area contributed by atoms with Gasteiger partial charge >= 0.3 is 0 Å². The number of hydrogen-bond donors (Lipinski definition) is 1. The van der Waals surface area contributed by atoms with Crippen LogP contribution in [0.15, 0.2) is 66.7 Å². The number of anilines is 1. The number of hydrogen-bond acceptors (Lipinski definition) is 2. The average Bonchev–Trinajstić information content (AvgIpc) is 2.83.